The summed E-state index contributed by atoms with van der Waals surface area (Å²) in [5, 5.41) is 0. The minimum atomic E-state index is 0.916. The van der Waals surface area contributed by atoms with Crippen LogP contribution in [-0.4, -0.2) is 7.11 Å². The largest absolute Gasteiger partial charge is 0.496 e. The van der Waals surface area contributed by atoms with Crippen LogP contribution in [0.2, 0.25) is 0 Å². The first-order chi connectivity index (χ1) is 8.19. The van der Waals surface area contributed by atoms with Crippen molar-refractivity contribution in [3.05, 3.63) is 28.8 Å². The van der Waals surface area contributed by atoms with E-state index >= 15 is 0 Å². The maximum atomic E-state index is 5.46. The first-order valence-electron chi connectivity index (χ1n) is 6.28. The third-order valence-corrected chi connectivity index (χ3v) is 2.72. The van der Waals surface area contributed by atoms with Crippen molar-refractivity contribution in [2.45, 2.75) is 46.5 Å². The Morgan fingerprint density at radius 2 is 1.82 bits per heavy atom. The van der Waals surface area contributed by atoms with E-state index in [1.165, 1.54) is 16.7 Å². The molecule has 0 atom stereocenters. The Balaban J connectivity index is 2.73. The smallest absolute Gasteiger partial charge is 0.125 e. The van der Waals surface area contributed by atoms with E-state index in [-0.39, 0.29) is 0 Å². The fourth-order valence-corrected chi connectivity index (χ4v) is 2.02. The van der Waals surface area contributed by atoms with Gasteiger partial charge >= 0.3 is 0 Å². The van der Waals surface area contributed by atoms with E-state index in [2.05, 4.69) is 44.7 Å². The van der Waals surface area contributed by atoms with Crippen molar-refractivity contribution in [3.8, 4) is 17.6 Å². The SMILES string of the molecule is CCCC#CCCc1cc(C)cc(C)c1OC. The van der Waals surface area contributed by atoms with Gasteiger partial charge in [0, 0.05) is 12.8 Å². The van der Waals surface area contributed by atoms with Gasteiger partial charge in [0.2, 0.25) is 0 Å². The van der Waals surface area contributed by atoms with Crippen molar-refractivity contribution in [2.24, 2.45) is 0 Å². The van der Waals surface area contributed by atoms with Gasteiger partial charge in [-0.05, 0) is 37.8 Å². The monoisotopic (exact) mass is 230 g/mol. The van der Waals surface area contributed by atoms with Gasteiger partial charge in [0.15, 0.2) is 0 Å². The van der Waals surface area contributed by atoms with Crippen molar-refractivity contribution in [2.75, 3.05) is 7.11 Å². The number of ether oxygens (including phenoxy) is 1. The van der Waals surface area contributed by atoms with Crippen LogP contribution in [0.3, 0.4) is 0 Å². The molecule has 0 saturated heterocycles. The van der Waals surface area contributed by atoms with E-state index in [0.29, 0.717) is 0 Å². The predicted molar refractivity (Wildman–Crippen MR) is 73.5 cm³/mol. The van der Waals surface area contributed by atoms with Crippen LogP contribution in [0.15, 0.2) is 12.1 Å². The van der Waals surface area contributed by atoms with E-state index in [1.807, 2.05) is 0 Å². The number of benzene rings is 1. The van der Waals surface area contributed by atoms with Crippen LogP contribution in [0.4, 0.5) is 0 Å². The van der Waals surface area contributed by atoms with Crippen molar-refractivity contribution in [1.82, 2.24) is 0 Å². The highest BCUT2D eigenvalue weighted by molar-refractivity contribution is 5.44. The van der Waals surface area contributed by atoms with E-state index in [0.717, 1.165) is 31.4 Å². The Morgan fingerprint density at radius 3 is 2.47 bits per heavy atom. The number of unbranched alkanes of at least 4 members (excludes halogenated alkanes) is 1. The molecular formula is C16H22O. The average Bonchev–Trinajstić information content (AvgIpc) is 2.28. The van der Waals surface area contributed by atoms with Crippen molar-refractivity contribution in [1.29, 1.82) is 0 Å². The molecule has 0 aliphatic rings. The fraction of sp³-hybridized carbons (Fsp3) is 0.500. The van der Waals surface area contributed by atoms with Crippen LogP contribution < -0.4 is 4.74 Å². The van der Waals surface area contributed by atoms with Gasteiger partial charge in [-0.3, -0.25) is 0 Å². The average molecular weight is 230 g/mol. The maximum absolute atomic E-state index is 5.46. The number of hydrogen-bond donors (Lipinski definition) is 0. The zero-order valence-electron chi connectivity index (χ0n) is 11.4. The van der Waals surface area contributed by atoms with E-state index in [9.17, 15) is 0 Å². The molecule has 92 valence electrons. The lowest BCUT2D eigenvalue weighted by atomic mass is 10.0. The summed E-state index contributed by atoms with van der Waals surface area (Å²) in [5.74, 6) is 7.42. The van der Waals surface area contributed by atoms with Crippen LogP contribution in [0, 0.1) is 25.7 Å². The molecule has 0 radical (unpaired) electrons. The van der Waals surface area contributed by atoms with Gasteiger partial charge in [0.05, 0.1) is 7.11 Å². The van der Waals surface area contributed by atoms with Crippen molar-refractivity contribution >= 4 is 0 Å². The van der Waals surface area contributed by atoms with Gasteiger partial charge in [0.25, 0.3) is 0 Å². The molecule has 1 heteroatoms. The molecule has 1 rings (SSSR count). The summed E-state index contributed by atoms with van der Waals surface area (Å²) in [4.78, 5) is 0. The Kier molecular flexibility index (Phi) is 5.63. The van der Waals surface area contributed by atoms with E-state index in [4.69, 9.17) is 4.74 Å². The lowest BCUT2D eigenvalue weighted by molar-refractivity contribution is 0.406. The molecule has 0 amide bonds. The molecule has 0 unspecified atom stereocenters. The summed E-state index contributed by atoms with van der Waals surface area (Å²) in [7, 11) is 1.74. The molecule has 1 nitrogen and oxygen atoms in total. The summed E-state index contributed by atoms with van der Waals surface area (Å²) < 4.78 is 5.46. The molecule has 0 saturated carbocycles. The van der Waals surface area contributed by atoms with Crippen molar-refractivity contribution < 1.29 is 4.74 Å². The third-order valence-electron chi connectivity index (χ3n) is 2.72. The quantitative estimate of drug-likeness (QED) is 0.709. The molecule has 0 bridgehead atoms. The second-order valence-corrected chi connectivity index (χ2v) is 4.38. The molecule has 0 aliphatic carbocycles. The maximum Gasteiger partial charge on any atom is 0.125 e. The Bertz CT molecular complexity index is 421. The fourth-order valence-electron chi connectivity index (χ4n) is 2.02. The third kappa shape index (κ3) is 4.15. The molecule has 1 aromatic carbocycles. The van der Waals surface area contributed by atoms with Gasteiger partial charge < -0.3 is 4.74 Å². The summed E-state index contributed by atoms with van der Waals surface area (Å²) >= 11 is 0. The van der Waals surface area contributed by atoms with Gasteiger partial charge in [-0.2, -0.15) is 0 Å². The van der Waals surface area contributed by atoms with Gasteiger partial charge in [-0.25, -0.2) is 0 Å². The van der Waals surface area contributed by atoms with Gasteiger partial charge in [0.1, 0.15) is 5.75 Å². The number of aryl methyl sites for hydroxylation is 3. The molecular weight excluding hydrogens is 208 g/mol. The van der Waals surface area contributed by atoms with Crippen molar-refractivity contribution in [3.63, 3.8) is 0 Å². The van der Waals surface area contributed by atoms with Crippen LogP contribution in [0.25, 0.3) is 0 Å². The zero-order valence-corrected chi connectivity index (χ0v) is 11.4. The lowest BCUT2D eigenvalue weighted by Gasteiger charge is -2.11. The number of hydrogen-bond acceptors (Lipinski definition) is 1. The highest BCUT2D eigenvalue weighted by Gasteiger charge is 2.06. The molecule has 0 spiro atoms. The van der Waals surface area contributed by atoms with E-state index in [1.54, 1.807) is 7.11 Å². The normalized spacial score (nSPS) is 9.65. The minimum absolute atomic E-state index is 0.916. The van der Waals surface area contributed by atoms with Crippen LogP contribution in [0.1, 0.15) is 42.9 Å². The van der Waals surface area contributed by atoms with Crippen LogP contribution in [-0.2, 0) is 6.42 Å². The number of methoxy groups -OCH3 is 1. The molecule has 0 aliphatic heterocycles. The summed E-state index contributed by atoms with van der Waals surface area (Å²) in [5.41, 5.74) is 3.78. The van der Waals surface area contributed by atoms with Gasteiger partial charge in [-0.1, -0.05) is 24.6 Å². The molecule has 0 aromatic heterocycles. The minimum Gasteiger partial charge on any atom is -0.496 e. The Morgan fingerprint density at radius 1 is 1.12 bits per heavy atom. The second-order valence-electron chi connectivity index (χ2n) is 4.38. The first-order valence-corrected chi connectivity index (χ1v) is 6.28. The number of rotatable bonds is 4. The predicted octanol–water partition coefficient (Wildman–Crippen LogP) is 4.05. The summed E-state index contributed by atoms with van der Waals surface area (Å²) in [6, 6.07) is 4.36. The molecule has 0 N–H and O–H groups in total. The second kappa shape index (κ2) is 7.01. The highest BCUT2D eigenvalue weighted by Crippen LogP contribution is 2.25. The first kappa shape index (κ1) is 13.6. The highest BCUT2D eigenvalue weighted by atomic mass is 16.5. The Labute approximate surface area is 105 Å². The molecule has 17 heavy (non-hydrogen) atoms. The molecule has 0 fully saturated rings. The topological polar surface area (TPSA) is 9.23 Å². The lowest BCUT2D eigenvalue weighted by Crippen LogP contribution is -1.96. The standard InChI is InChI=1S/C16H22O/c1-5-6-7-8-9-10-15-12-13(2)11-14(3)16(15)17-4/h11-12H,5-6,9-10H2,1-4H3. The summed E-state index contributed by atoms with van der Waals surface area (Å²) in [6.07, 6.45) is 4.03. The van der Waals surface area contributed by atoms with Gasteiger partial charge in [-0.15, -0.1) is 11.8 Å². The van der Waals surface area contributed by atoms with Crippen LogP contribution in [0.5, 0.6) is 5.75 Å². The molecule has 0 heterocycles. The molecule has 1 aromatic rings. The Hall–Kier alpha value is -1.42. The zero-order chi connectivity index (χ0) is 12.7. The van der Waals surface area contributed by atoms with Crippen LogP contribution >= 0.6 is 0 Å². The van der Waals surface area contributed by atoms with E-state index < -0.39 is 0 Å². The summed E-state index contributed by atoms with van der Waals surface area (Å²) in [6.45, 7) is 6.37.